The summed E-state index contributed by atoms with van der Waals surface area (Å²) in [5.74, 6) is 0. The van der Waals surface area contributed by atoms with Gasteiger partial charge in [0.05, 0.1) is 6.04 Å². The van der Waals surface area contributed by atoms with Crippen LogP contribution in [0.1, 0.15) is 20.8 Å². The first kappa shape index (κ1) is 15.9. The van der Waals surface area contributed by atoms with Gasteiger partial charge in [0.1, 0.15) is 6.17 Å². The first-order valence-electron chi connectivity index (χ1n) is 4.11. The van der Waals surface area contributed by atoms with Crippen LogP contribution in [0.25, 0.3) is 0 Å². The van der Waals surface area contributed by atoms with Gasteiger partial charge in [-0.2, -0.15) is 0 Å². The predicted molar refractivity (Wildman–Crippen MR) is 58.9 cm³/mol. The first-order valence-corrected chi connectivity index (χ1v) is 4.11. The van der Waals surface area contributed by atoms with Crippen molar-refractivity contribution in [2.45, 2.75) is 38.5 Å². The van der Waals surface area contributed by atoms with E-state index < -0.39 is 6.17 Å². The Morgan fingerprint density at radius 3 is 2.08 bits per heavy atom. The number of rotatable bonds is 1. The molecule has 2 N–H and O–H groups in total. The Labute approximate surface area is 91.9 Å². The molecule has 5 heteroatoms. The van der Waals surface area contributed by atoms with E-state index in [2.05, 4.69) is 31.4 Å². The van der Waals surface area contributed by atoms with Gasteiger partial charge in [-0.25, -0.2) is 4.39 Å². The molecule has 13 heavy (non-hydrogen) atoms. The summed E-state index contributed by atoms with van der Waals surface area (Å²) in [6.07, 6.45) is -0.728. The largest absolute Gasteiger partial charge is 0.312 e. The van der Waals surface area contributed by atoms with E-state index in [9.17, 15) is 4.39 Å². The molecule has 0 radical (unpaired) electrons. The fourth-order valence-electron chi connectivity index (χ4n) is 1.34. The smallest absolute Gasteiger partial charge is 0.129 e. The van der Waals surface area contributed by atoms with Gasteiger partial charge in [-0.05, 0) is 20.8 Å². The Morgan fingerprint density at radius 2 is 1.77 bits per heavy atom. The van der Waals surface area contributed by atoms with E-state index >= 15 is 0 Å². The van der Waals surface area contributed by atoms with Crippen LogP contribution in [0.4, 0.5) is 4.39 Å². The van der Waals surface area contributed by atoms with Gasteiger partial charge in [0.25, 0.3) is 0 Å². The molecular weight excluding hydrogens is 214 g/mol. The van der Waals surface area contributed by atoms with Crippen LogP contribution in [0.2, 0.25) is 0 Å². The minimum absolute atomic E-state index is 0. The third kappa shape index (κ3) is 5.68. The van der Waals surface area contributed by atoms with Crippen LogP contribution in [-0.2, 0) is 0 Å². The molecule has 1 aliphatic rings. The number of alkyl halides is 1. The lowest BCUT2D eigenvalue weighted by molar-refractivity contribution is 0.257. The summed E-state index contributed by atoms with van der Waals surface area (Å²) in [6, 6.07) is -0.00463. The average molecular weight is 233 g/mol. The molecule has 0 bridgehead atoms. The summed E-state index contributed by atoms with van der Waals surface area (Å²) in [7, 11) is 0. The molecule has 0 aromatic heterocycles. The van der Waals surface area contributed by atoms with Crippen molar-refractivity contribution >= 4 is 24.8 Å². The summed E-state index contributed by atoms with van der Waals surface area (Å²) in [6.45, 7) is 7.40. The van der Waals surface area contributed by atoms with Gasteiger partial charge in [0.2, 0.25) is 0 Å². The lowest BCUT2D eigenvalue weighted by atomic mass is 10.1. The summed E-state index contributed by atoms with van der Waals surface area (Å²) in [4.78, 5) is 0. The van der Waals surface area contributed by atoms with E-state index in [1.165, 1.54) is 0 Å². The standard InChI is InChI=1S/C8H17FN2.2ClH/c1-8(2,3)11-7-5-10-4-6(7)9;;/h6-7,10-11H,4-5H2,1-3H3;2*1H/t6-,7+;;/m1../s1. The van der Waals surface area contributed by atoms with Crippen molar-refractivity contribution in [2.24, 2.45) is 0 Å². The van der Waals surface area contributed by atoms with Gasteiger partial charge in [-0.1, -0.05) is 0 Å². The summed E-state index contributed by atoms with van der Waals surface area (Å²) in [5, 5.41) is 6.24. The average Bonchev–Trinajstić information content (AvgIpc) is 2.12. The van der Waals surface area contributed by atoms with Crippen molar-refractivity contribution in [3.05, 3.63) is 0 Å². The molecule has 2 nitrogen and oxygen atoms in total. The second-order valence-electron chi connectivity index (χ2n) is 4.18. The molecule has 0 saturated carbocycles. The number of hydrogen-bond donors (Lipinski definition) is 2. The molecule has 0 amide bonds. The monoisotopic (exact) mass is 232 g/mol. The molecule has 0 aromatic rings. The minimum atomic E-state index is -0.728. The molecule has 82 valence electrons. The maximum Gasteiger partial charge on any atom is 0.129 e. The van der Waals surface area contributed by atoms with E-state index in [-0.39, 0.29) is 36.4 Å². The third-order valence-electron chi connectivity index (χ3n) is 1.76. The van der Waals surface area contributed by atoms with Crippen LogP contribution >= 0.6 is 24.8 Å². The Morgan fingerprint density at radius 1 is 1.23 bits per heavy atom. The van der Waals surface area contributed by atoms with Gasteiger partial charge in [-0.3, -0.25) is 0 Å². The highest BCUT2D eigenvalue weighted by molar-refractivity contribution is 5.85. The predicted octanol–water partition coefficient (Wildman–Crippen LogP) is 1.53. The molecule has 0 unspecified atom stereocenters. The molecule has 0 spiro atoms. The Bertz CT molecular complexity index is 139. The highest BCUT2D eigenvalue weighted by Gasteiger charge is 2.29. The fourth-order valence-corrected chi connectivity index (χ4v) is 1.34. The highest BCUT2D eigenvalue weighted by Crippen LogP contribution is 2.09. The SMILES string of the molecule is CC(C)(C)N[C@H]1CNC[C@H]1F.Cl.Cl. The molecule has 1 fully saturated rings. The second kappa shape index (κ2) is 6.02. The molecule has 2 atom stereocenters. The maximum atomic E-state index is 13.0. The fraction of sp³-hybridized carbons (Fsp3) is 1.00. The van der Waals surface area contributed by atoms with Crippen molar-refractivity contribution in [1.29, 1.82) is 0 Å². The normalized spacial score (nSPS) is 27.7. The lowest BCUT2D eigenvalue weighted by Gasteiger charge is -2.26. The number of nitrogens with one attached hydrogen (secondary N) is 2. The molecule has 1 rings (SSSR count). The van der Waals surface area contributed by atoms with Crippen LogP contribution in [-0.4, -0.2) is 30.8 Å². The van der Waals surface area contributed by atoms with E-state index in [4.69, 9.17) is 0 Å². The van der Waals surface area contributed by atoms with Crippen molar-refractivity contribution in [1.82, 2.24) is 10.6 Å². The van der Waals surface area contributed by atoms with E-state index in [0.29, 0.717) is 6.54 Å². The van der Waals surface area contributed by atoms with Crippen molar-refractivity contribution in [2.75, 3.05) is 13.1 Å². The highest BCUT2D eigenvalue weighted by atomic mass is 35.5. The number of hydrogen-bond acceptors (Lipinski definition) is 2. The molecule has 1 heterocycles. The van der Waals surface area contributed by atoms with Crippen molar-refractivity contribution in [3.63, 3.8) is 0 Å². The lowest BCUT2D eigenvalue weighted by Crippen LogP contribution is -2.48. The number of halogens is 3. The Hall–Kier alpha value is 0.430. The Balaban J connectivity index is 0. The van der Waals surface area contributed by atoms with E-state index in [1.807, 2.05) is 0 Å². The Kier molecular flexibility index (Phi) is 7.35. The molecular formula is C8H19Cl2FN2. The summed E-state index contributed by atoms with van der Waals surface area (Å²) in [5.41, 5.74) is 0.0149. The molecule has 0 aliphatic carbocycles. The molecule has 0 aromatic carbocycles. The van der Waals surface area contributed by atoms with Gasteiger partial charge in [-0.15, -0.1) is 24.8 Å². The molecule has 1 aliphatic heterocycles. The van der Waals surface area contributed by atoms with Gasteiger partial charge in [0, 0.05) is 18.6 Å². The first-order chi connectivity index (χ1) is 4.99. The van der Waals surface area contributed by atoms with E-state index in [0.717, 1.165) is 6.54 Å². The summed E-state index contributed by atoms with van der Waals surface area (Å²) >= 11 is 0. The zero-order chi connectivity index (χ0) is 8.48. The zero-order valence-corrected chi connectivity index (χ0v) is 9.90. The molecule has 1 saturated heterocycles. The van der Waals surface area contributed by atoms with Crippen LogP contribution < -0.4 is 10.6 Å². The second-order valence-corrected chi connectivity index (χ2v) is 4.18. The minimum Gasteiger partial charge on any atom is -0.312 e. The van der Waals surface area contributed by atoms with Crippen LogP contribution in [0.15, 0.2) is 0 Å². The topological polar surface area (TPSA) is 24.1 Å². The van der Waals surface area contributed by atoms with Crippen molar-refractivity contribution < 1.29 is 4.39 Å². The van der Waals surface area contributed by atoms with Crippen molar-refractivity contribution in [3.8, 4) is 0 Å². The van der Waals surface area contributed by atoms with E-state index in [1.54, 1.807) is 0 Å². The maximum absolute atomic E-state index is 13.0. The van der Waals surface area contributed by atoms with Crippen LogP contribution in [0.3, 0.4) is 0 Å². The summed E-state index contributed by atoms with van der Waals surface area (Å²) < 4.78 is 13.0. The third-order valence-corrected chi connectivity index (χ3v) is 1.76. The zero-order valence-electron chi connectivity index (χ0n) is 8.26. The quantitative estimate of drug-likeness (QED) is 0.717. The van der Waals surface area contributed by atoms with Crippen LogP contribution in [0.5, 0.6) is 0 Å². The van der Waals surface area contributed by atoms with Gasteiger partial charge in [0.15, 0.2) is 0 Å². The van der Waals surface area contributed by atoms with Gasteiger partial charge < -0.3 is 10.6 Å². The van der Waals surface area contributed by atoms with Gasteiger partial charge >= 0.3 is 0 Å². The van der Waals surface area contributed by atoms with Crippen LogP contribution in [0, 0.1) is 0 Å².